The zero-order valence-electron chi connectivity index (χ0n) is 12.4. The molecule has 2 rings (SSSR count). The zero-order valence-corrected chi connectivity index (χ0v) is 13.9. The molecule has 22 heavy (non-hydrogen) atoms. The molecule has 0 saturated carbocycles. The van der Waals surface area contributed by atoms with Gasteiger partial charge in [0, 0.05) is 18.0 Å². The Hall–Kier alpha value is -1.58. The highest BCUT2D eigenvalue weighted by Crippen LogP contribution is 2.24. The van der Waals surface area contributed by atoms with E-state index in [4.69, 9.17) is 28.0 Å². The highest BCUT2D eigenvalue weighted by Gasteiger charge is 2.07. The number of aryl methyl sites for hydroxylation is 1. The van der Waals surface area contributed by atoms with Crippen LogP contribution in [0.5, 0.6) is 0 Å². The van der Waals surface area contributed by atoms with Gasteiger partial charge < -0.3 is 4.84 Å². The fourth-order valence-corrected chi connectivity index (χ4v) is 2.49. The Kier molecular flexibility index (Phi) is 6.69. The van der Waals surface area contributed by atoms with E-state index in [1.165, 1.54) is 5.56 Å². The van der Waals surface area contributed by atoms with Crippen molar-refractivity contribution in [2.75, 3.05) is 7.11 Å². The lowest BCUT2D eigenvalue weighted by Gasteiger charge is -2.07. The van der Waals surface area contributed by atoms with Crippen molar-refractivity contribution in [3.8, 4) is 0 Å². The van der Waals surface area contributed by atoms with Crippen molar-refractivity contribution in [2.24, 2.45) is 5.16 Å². The van der Waals surface area contributed by atoms with Gasteiger partial charge in [0.05, 0.1) is 15.8 Å². The van der Waals surface area contributed by atoms with Gasteiger partial charge in [0.15, 0.2) is 0 Å². The summed E-state index contributed by atoms with van der Waals surface area (Å²) in [6.07, 6.45) is 7.61. The molecular formula is C17H18Cl2N2O. The number of nitrogens with zero attached hydrogens (tertiary/aromatic N) is 2. The molecule has 0 bridgehead atoms. The SMILES string of the molecule is CO/N=C(\CCCCc1cccnc1)c1ccc(Cl)c(Cl)c1. The van der Waals surface area contributed by atoms with E-state index in [9.17, 15) is 0 Å². The third-order valence-corrected chi connectivity index (χ3v) is 4.05. The highest BCUT2D eigenvalue weighted by molar-refractivity contribution is 6.42. The van der Waals surface area contributed by atoms with Crippen LogP contribution in [0.3, 0.4) is 0 Å². The Morgan fingerprint density at radius 2 is 2.05 bits per heavy atom. The number of pyridine rings is 1. The van der Waals surface area contributed by atoms with Gasteiger partial charge in [0.1, 0.15) is 7.11 Å². The van der Waals surface area contributed by atoms with E-state index in [1.54, 1.807) is 19.4 Å². The van der Waals surface area contributed by atoms with Crippen LogP contribution in [0.15, 0.2) is 47.9 Å². The summed E-state index contributed by atoms with van der Waals surface area (Å²) in [7, 11) is 1.55. The molecule has 0 saturated heterocycles. The largest absolute Gasteiger partial charge is 0.399 e. The molecule has 1 aromatic carbocycles. The number of unbranched alkanes of at least 4 members (excludes halogenated alkanes) is 1. The van der Waals surface area contributed by atoms with Gasteiger partial charge in [0.25, 0.3) is 0 Å². The minimum Gasteiger partial charge on any atom is -0.399 e. The van der Waals surface area contributed by atoms with Gasteiger partial charge in [0.2, 0.25) is 0 Å². The molecule has 3 nitrogen and oxygen atoms in total. The first-order valence-electron chi connectivity index (χ1n) is 7.15. The average molecular weight is 337 g/mol. The predicted molar refractivity (Wildman–Crippen MR) is 91.8 cm³/mol. The maximum Gasteiger partial charge on any atom is 0.106 e. The smallest absolute Gasteiger partial charge is 0.106 e. The van der Waals surface area contributed by atoms with Crippen LogP contribution in [-0.2, 0) is 11.3 Å². The summed E-state index contributed by atoms with van der Waals surface area (Å²) in [5.41, 5.74) is 3.08. The maximum absolute atomic E-state index is 6.06. The normalized spacial score (nSPS) is 11.5. The maximum atomic E-state index is 6.06. The van der Waals surface area contributed by atoms with E-state index < -0.39 is 0 Å². The Labute approximate surface area is 140 Å². The topological polar surface area (TPSA) is 34.5 Å². The Balaban J connectivity index is 1.92. The summed E-state index contributed by atoms with van der Waals surface area (Å²) >= 11 is 12.0. The quantitative estimate of drug-likeness (QED) is 0.398. The summed E-state index contributed by atoms with van der Waals surface area (Å²) in [5, 5.41) is 5.18. The monoisotopic (exact) mass is 336 g/mol. The number of aromatic nitrogens is 1. The Morgan fingerprint density at radius 3 is 2.73 bits per heavy atom. The van der Waals surface area contributed by atoms with Crippen LogP contribution in [0.2, 0.25) is 10.0 Å². The lowest BCUT2D eigenvalue weighted by atomic mass is 10.0. The molecule has 0 aliphatic carbocycles. The van der Waals surface area contributed by atoms with Crippen LogP contribution in [-0.4, -0.2) is 17.8 Å². The van der Waals surface area contributed by atoms with E-state index >= 15 is 0 Å². The second-order valence-corrected chi connectivity index (χ2v) is 5.73. The molecule has 0 unspecified atom stereocenters. The summed E-state index contributed by atoms with van der Waals surface area (Å²) < 4.78 is 0. The number of hydrogen-bond acceptors (Lipinski definition) is 3. The standard InChI is InChI=1S/C17H18Cl2N2O/c1-22-21-17(14-8-9-15(18)16(19)11-14)7-3-2-5-13-6-4-10-20-12-13/h4,6,8-12H,2-3,5,7H2,1H3/b21-17+. The molecule has 0 aliphatic heterocycles. The molecule has 0 radical (unpaired) electrons. The minimum atomic E-state index is 0.526. The molecule has 2 aromatic rings. The first-order chi connectivity index (χ1) is 10.7. The first-order valence-corrected chi connectivity index (χ1v) is 7.90. The van der Waals surface area contributed by atoms with Gasteiger partial charge in [-0.05, 0) is 49.4 Å². The molecule has 1 heterocycles. The summed E-state index contributed by atoms with van der Waals surface area (Å²) in [6.45, 7) is 0. The van der Waals surface area contributed by atoms with Crippen LogP contribution in [0.1, 0.15) is 30.4 Å². The van der Waals surface area contributed by atoms with Crippen LogP contribution in [0.4, 0.5) is 0 Å². The second kappa shape index (κ2) is 8.76. The van der Waals surface area contributed by atoms with E-state index in [0.29, 0.717) is 10.0 Å². The molecule has 0 spiro atoms. The molecule has 0 N–H and O–H groups in total. The van der Waals surface area contributed by atoms with Crippen molar-refractivity contribution in [1.29, 1.82) is 0 Å². The van der Waals surface area contributed by atoms with Crippen molar-refractivity contribution in [3.05, 3.63) is 63.9 Å². The summed E-state index contributed by atoms with van der Waals surface area (Å²) in [5.74, 6) is 0. The second-order valence-electron chi connectivity index (χ2n) is 4.92. The van der Waals surface area contributed by atoms with E-state index in [2.05, 4.69) is 16.2 Å². The van der Waals surface area contributed by atoms with Crippen LogP contribution in [0.25, 0.3) is 0 Å². The average Bonchev–Trinajstić information content (AvgIpc) is 2.54. The molecule has 1 aromatic heterocycles. The predicted octanol–water partition coefficient (Wildman–Crippen LogP) is 5.15. The van der Waals surface area contributed by atoms with Gasteiger partial charge in [-0.2, -0.15) is 0 Å². The number of rotatable bonds is 7. The molecule has 5 heteroatoms. The molecule has 0 atom stereocenters. The molecule has 0 aliphatic rings. The highest BCUT2D eigenvalue weighted by atomic mass is 35.5. The fourth-order valence-electron chi connectivity index (χ4n) is 2.20. The van der Waals surface area contributed by atoms with Gasteiger partial charge in [-0.1, -0.05) is 40.5 Å². The van der Waals surface area contributed by atoms with E-state index in [1.807, 2.05) is 24.4 Å². The lowest BCUT2D eigenvalue weighted by molar-refractivity contribution is 0.212. The van der Waals surface area contributed by atoms with E-state index in [0.717, 1.165) is 37.0 Å². The summed E-state index contributed by atoms with van der Waals surface area (Å²) in [4.78, 5) is 9.07. The summed E-state index contributed by atoms with van der Waals surface area (Å²) in [6, 6.07) is 9.56. The molecule has 0 amide bonds. The van der Waals surface area contributed by atoms with Gasteiger partial charge in [-0.15, -0.1) is 0 Å². The third-order valence-electron chi connectivity index (χ3n) is 3.31. The Bertz CT molecular complexity index is 630. The van der Waals surface area contributed by atoms with E-state index in [-0.39, 0.29) is 0 Å². The molecular weight excluding hydrogens is 319 g/mol. The number of oxime groups is 1. The van der Waals surface area contributed by atoms with Crippen molar-refractivity contribution >= 4 is 28.9 Å². The van der Waals surface area contributed by atoms with Crippen LogP contribution >= 0.6 is 23.2 Å². The van der Waals surface area contributed by atoms with Crippen molar-refractivity contribution in [3.63, 3.8) is 0 Å². The zero-order chi connectivity index (χ0) is 15.8. The minimum absolute atomic E-state index is 0.526. The van der Waals surface area contributed by atoms with Crippen molar-refractivity contribution < 1.29 is 4.84 Å². The van der Waals surface area contributed by atoms with Gasteiger partial charge in [-0.3, -0.25) is 4.98 Å². The van der Waals surface area contributed by atoms with Crippen molar-refractivity contribution in [2.45, 2.75) is 25.7 Å². The van der Waals surface area contributed by atoms with Crippen LogP contribution in [0, 0.1) is 0 Å². The first kappa shape index (κ1) is 16.8. The number of hydrogen-bond donors (Lipinski definition) is 0. The van der Waals surface area contributed by atoms with Gasteiger partial charge >= 0.3 is 0 Å². The van der Waals surface area contributed by atoms with Crippen LogP contribution < -0.4 is 0 Å². The number of halogens is 2. The third kappa shape index (κ3) is 5.00. The van der Waals surface area contributed by atoms with Gasteiger partial charge in [-0.25, -0.2) is 0 Å². The molecule has 0 fully saturated rings. The van der Waals surface area contributed by atoms with Crippen molar-refractivity contribution in [1.82, 2.24) is 4.98 Å². The number of benzene rings is 1. The molecule has 116 valence electrons. The Morgan fingerprint density at radius 1 is 1.18 bits per heavy atom. The lowest BCUT2D eigenvalue weighted by Crippen LogP contribution is -2.02. The fraction of sp³-hybridized carbons (Fsp3) is 0.294.